The van der Waals surface area contributed by atoms with E-state index in [2.05, 4.69) is 156 Å². The molecule has 214 valence electrons. The standard InChI is InChI=1S/C38H34N6/c1-41(27-17-9-5-10-18-27)35-31-25-33-34(26-32(31)36(39-35)42(2)28-19-11-6-12-20-28)38(44(4)30-23-15-8-16-24-30)40-37(33)43(3)29-21-13-7-14-22-29/h5-26H,1-4H3/q+2. The molecular weight excluding hydrogens is 540 g/mol. The van der Waals surface area contributed by atoms with Gasteiger partial charge in [0, 0.05) is 25.5 Å². The maximum Gasteiger partial charge on any atom is 0.334 e. The number of aromatic nitrogens is 2. The molecule has 5 aromatic carbocycles. The van der Waals surface area contributed by atoms with E-state index in [9.17, 15) is 0 Å². The fourth-order valence-corrected chi connectivity index (χ4v) is 5.90. The Morgan fingerprint density at radius 3 is 1.09 bits per heavy atom. The molecule has 0 N–H and O–H groups in total. The van der Waals surface area contributed by atoms with Gasteiger partial charge in [0.15, 0.2) is 0 Å². The highest BCUT2D eigenvalue weighted by Gasteiger charge is 2.28. The highest BCUT2D eigenvalue weighted by Crippen LogP contribution is 2.35. The molecule has 7 rings (SSSR count). The van der Waals surface area contributed by atoms with Gasteiger partial charge >= 0.3 is 11.0 Å². The van der Waals surface area contributed by atoms with Crippen molar-refractivity contribution in [3.8, 4) is 0 Å². The van der Waals surface area contributed by atoms with Crippen molar-refractivity contribution >= 4 is 55.9 Å². The number of hydrogen-bond donors (Lipinski definition) is 0. The lowest BCUT2D eigenvalue weighted by Crippen LogP contribution is -2.23. The first-order chi connectivity index (χ1) is 21.5. The number of fused-ring (bicyclic) bond motifs is 2. The van der Waals surface area contributed by atoms with Gasteiger partial charge in [0.2, 0.25) is 0 Å². The second kappa shape index (κ2) is 11.2. The second-order valence-electron chi connectivity index (χ2n) is 11.0. The molecule has 0 aliphatic carbocycles. The van der Waals surface area contributed by atoms with Gasteiger partial charge in [-0.25, -0.2) is 9.15 Å². The van der Waals surface area contributed by atoms with Crippen molar-refractivity contribution < 1.29 is 0 Å². The topological polar surface area (TPSA) is 38.3 Å². The van der Waals surface area contributed by atoms with E-state index < -0.39 is 0 Å². The van der Waals surface area contributed by atoms with Crippen molar-refractivity contribution in [2.45, 2.75) is 0 Å². The minimum Gasteiger partial charge on any atom is -0.308 e. The van der Waals surface area contributed by atoms with Crippen molar-refractivity contribution in [2.24, 2.45) is 0 Å². The van der Waals surface area contributed by atoms with Crippen LogP contribution in [-0.2, 0) is 0 Å². The van der Waals surface area contributed by atoms with Crippen LogP contribution in [0.3, 0.4) is 0 Å². The molecule has 0 radical (unpaired) electrons. The zero-order valence-corrected chi connectivity index (χ0v) is 25.4. The Morgan fingerprint density at radius 1 is 0.432 bits per heavy atom. The van der Waals surface area contributed by atoms with Crippen molar-refractivity contribution in [2.75, 3.05) is 38.0 Å². The summed E-state index contributed by atoms with van der Waals surface area (Å²) >= 11 is 0. The quantitative estimate of drug-likeness (QED) is 0.208. The maximum atomic E-state index is 5.31. The monoisotopic (exact) mass is 574 g/mol. The SMILES string of the molecule is CN(c1ccccc1)c1nc(=[N+](C)c2ccccc2)c2cc3c(N(C)c4ccccc4)nc(=[N+](C)c4ccccc4)c3cc12. The summed E-state index contributed by atoms with van der Waals surface area (Å²) in [6.07, 6.45) is 0. The van der Waals surface area contributed by atoms with E-state index in [0.29, 0.717) is 0 Å². The van der Waals surface area contributed by atoms with Gasteiger partial charge in [-0.2, -0.15) is 0 Å². The average molecular weight is 575 g/mol. The molecule has 0 saturated heterocycles. The largest absolute Gasteiger partial charge is 0.334 e. The van der Waals surface area contributed by atoms with Gasteiger partial charge in [0.25, 0.3) is 11.6 Å². The van der Waals surface area contributed by atoms with Gasteiger partial charge in [-0.3, -0.25) is 0 Å². The van der Waals surface area contributed by atoms with E-state index in [1.54, 1.807) is 0 Å². The van der Waals surface area contributed by atoms with Crippen LogP contribution in [0.15, 0.2) is 133 Å². The Bertz CT molecular complexity index is 2040. The molecule has 0 fully saturated rings. The molecular formula is C38H34N6+2. The third kappa shape index (κ3) is 4.71. The van der Waals surface area contributed by atoms with Gasteiger partial charge < -0.3 is 9.80 Å². The van der Waals surface area contributed by atoms with E-state index in [-0.39, 0.29) is 0 Å². The fourth-order valence-electron chi connectivity index (χ4n) is 5.90. The lowest BCUT2D eigenvalue weighted by atomic mass is 10.1. The van der Waals surface area contributed by atoms with E-state index >= 15 is 0 Å². The number of anilines is 4. The van der Waals surface area contributed by atoms with Crippen LogP contribution in [-0.4, -0.2) is 38.2 Å². The molecule has 44 heavy (non-hydrogen) atoms. The summed E-state index contributed by atoms with van der Waals surface area (Å²) in [6, 6.07) is 46.1. The van der Waals surface area contributed by atoms with Crippen molar-refractivity contribution in [3.63, 3.8) is 0 Å². The predicted molar refractivity (Wildman–Crippen MR) is 183 cm³/mol. The van der Waals surface area contributed by atoms with Crippen molar-refractivity contribution in [1.29, 1.82) is 0 Å². The summed E-state index contributed by atoms with van der Waals surface area (Å²) in [6.45, 7) is 0. The van der Waals surface area contributed by atoms with E-state index in [1.807, 2.05) is 24.3 Å². The molecule has 2 heterocycles. The van der Waals surface area contributed by atoms with Crippen molar-refractivity contribution in [3.05, 3.63) is 144 Å². The Kier molecular flexibility index (Phi) is 6.95. The minimum absolute atomic E-state index is 0.901. The minimum atomic E-state index is 0.901. The van der Waals surface area contributed by atoms with Crippen LogP contribution >= 0.6 is 0 Å². The maximum absolute atomic E-state index is 5.31. The Balaban J connectivity index is 1.60. The van der Waals surface area contributed by atoms with Gasteiger partial charge in [-0.05, 0) is 70.6 Å². The summed E-state index contributed by atoms with van der Waals surface area (Å²) in [5, 5.41) is 4.30. The summed E-state index contributed by atoms with van der Waals surface area (Å²) in [5.74, 6) is 1.80. The van der Waals surface area contributed by atoms with Gasteiger partial charge in [-0.1, -0.05) is 72.8 Å². The molecule has 0 aliphatic heterocycles. The third-order valence-corrected chi connectivity index (χ3v) is 8.39. The smallest absolute Gasteiger partial charge is 0.308 e. The molecule has 0 atom stereocenters. The number of hydrogen-bond acceptors (Lipinski definition) is 4. The van der Waals surface area contributed by atoms with E-state index in [0.717, 1.165) is 66.9 Å². The zero-order chi connectivity index (χ0) is 30.2. The molecule has 0 spiro atoms. The van der Waals surface area contributed by atoms with Crippen LogP contribution in [0.5, 0.6) is 0 Å². The lowest BCUT2D eigenvalue weighted by Gasteiger charge is -2.14. The second-order valence-corrected chi connectivity index (χ2v) is 11.0. The summed E-state index contributed by atoms with van der Waals surface area (Å²) < 4.78 is 4.34. The molecule has 6 nitrogen and oxygen atoms in total. The Labute approximate surface area is 257 Å². The van der Waals surface area contributed by atoms with Crippen LogP contribution in [0.25, 0.3) is 21.5 Å². The van der Waals surface area contributed by atoms with Gasteiger partial charge in [0.1, 0.15) is 11.4 Å². The third-order valence-electron chi connectivity index (χ3n) is 8.39. The van der Waals surface area contributed by atoms with Crippen LogP contribution in [0, 0.1) is 0 Å². The molecule has 2 aromatic heterocycles. The number of nitrogens with zero attached hydrogens (tertiary/aromatic N) is 6. The molecule has 0 unspecified atom stereocenters. The average Bonchev–Trinajstić information content (AvgIpc) is 3.66. The summed E-state index contributed by atoms with van der Waals surface area (Å²) in [7, 11) is 8.34. The Morgan fingerprint density at radius 2 is 0.750 bits per heavy atom. The van der Waals surface area contributed by atoms with Crippen LogP contribution in [0.2, 0.25) is 0 Å². The number of para-hydroxylation sites is 4. The first kappa shape index (κ1) is 27.2. The summed E-state index contributed by atoms with van der Waals surface area (Å²) in [4.78, 5) is 15.0. The molecule has 7 aromatic rings. The lowest BCUT2D eigenvalue weighted by molar-refractivity contribution is 0.865. The van der Waals surface area contributed by atoms with Gasteiger partial charge in [0.05, 0.1) is 35.6 Å². The van der Waals surface area contributed by atoms with E-state index in [4.69, 9.17) is 9.97 Å². The first-order valence-electron chi connectivity index (χ1n) is 14.8. The molecule has 0 aliphatic rings. The predicted octanol–water partition coefficient (Wildman–Crippen LogP) is 6.66. The summed E-state index contributed by atoms with van der Waals surface area (Å²) in [5.41, 5.74) is 6.11. The highest BCUT2D eigenvalue weighted by molar-refractivity contribution is 6.08. The van der Waals surface area contributed by atoms with Crippen molar-refractivity contribution in [1.82, 2.24) is 19.1 Å². The van der Waals surface area contributed by atoms with Crippen LogP contribution in [0.4, 0.5) is 34.4 Å². The molecule has 6 heteroatoms. The fraction of sp³-hybridized carbons (Fsp3) is 0.105. The van der Waals surface area contributed by atoms with Crippen LogP contribution in [0.1, 0.15) is 0 Å². The molecule has 0 saturated carbocycles. The van der Waals surface area contributed by atoms with Crippen LogP contribution < -0.4 is 29.9 Å². The number of benzene rings is 5. The molecule has 0 amide bonds. The first-order valence-corrected chi connectivity index (χ1v) is 14.8. The highest BCUT2D eigenvalue weighted by atomic mass is 15.2. The molecule has 0 bridgehead atoms. The number of rotatable bonds is 6. The normalized spacial score (nSPS) is 12.8. The van der Waals surface area contributed by atoms with E-state index in [1.165, 1.54) is 0 Å². The Hall–Kier alpha value is -5.62. The van der Waals surface area contributed by atoms with Gasteiger partial charge in [-0.15, -0.1) is 0 Å². The zero-order valence-electron chi connectivity index (χ0n) is 25.4.